The van der Waals surface area contributed by atoms with Crippen molar-refractivity contribution in [2.24, 2.45) is 0 Å². The number of alkyl halides is 3. The maximum absolute atomic E-state index is 14.5. The molecule has 2 N–H and O–H groups in total. The molecule has 3 aromatic rings. The maximum atomic E-state index is 14.5. The lowest BCUT2D eigenvalue weighted by atomic mass is 10.00. The number of benzene rings is 2. The van der Waals surface area contributed by atoms with Crippen LogP contribution in [0.3, 0.4) is 0 Å². The molecule has 0 atom stereocenters. The molecule has 0 saturated heterocycles. The molecule has 1 aliphatic carbocycles. The Morgan fingerprint density at radius 2 is 1.76 bits per heavy atom. The normalized spacial score (nSPS) is 13.4. The molecule has 2 aromatic carbocycles. The number of carbonyl (C=O) groups is 2. The van der Waals surface area contributed by atoms with Gasteiger partial charge < -0.3 is 10.6 Å². The molecule has 1 fully saturated rings. The number of rotatable bonds is 6. The quantitative estimate of drug-likeness (QED) is 0.495. The smallest absolute Gasteiger partial charge is 0.349 e. The average molecular weight is 471 g/mol. The van der Waals surface area contributed by atoms with Gasteiger partial charge in [-0.2, -0.15) is 13.2 Å². The van der Waals surface area contributed by atoms with Crippen molar-refractivity contribution >= 4 is 11.8 Å². The van der Waals surface area contributed by atoms with Gasteiger partial charge in [-0.05, 0) is 61.2 Å². The average Bonchev–Trinajstić information content (AvgIpc) is 3.63. The van der Waals surface area contributed by atoms with Crippen LogP contribution in [-0.4, -0.2) is 22.8 Å². The monoisotopic (exact) mass is 471 g/mol. The van der Waals surface area contributed by atoms with E-state index in [1.54, 1.807) is 13.0 Å². The van der Waals surface area contributed by atoms with Gasteiger partial charge in [-0.1, -0.05) is 18.2 Å². The second kappa shape index (κ2) is 9.24. The number of carbonyl (C=O) groups excluding carboxylic acids is 2. The summed E-state index contributed by atoms with van der Waals surface area (Å²) in [6.07, 6.45) is -1.46. The summed E-state index contributed by atoms with van der Waals surface area (Å²) in [4.78, 5) is 29.0. The van der Waals surface area contributed by atoms with Gasteiger partial charge in [0.05, 0.1) is 16.8 Å². The van der Waals surface area contributed by atoms with Gasteiger partial charge in [0, 0.05) is 29.9 Å². The number of nitrogens with one attached hydrogen (secondary N) is 2. The van der Waals surface area contributed by atoms with Crippen molar-refractivity contribution < 1.29 is 27.2 Å². The predicted octanol–water partition coefficient (Wildman–Crippen LogP) is 5.04. The van der Waals surface area contributed by atoms with Crippen molar-refractivity contribution in [1.82, 2.24) is 15.6 Å². The highest BCUT2D eigenvalue weighted by molar-refractivity contribution is 5.96. The molecular weight excluding hydrogens is 450 g/mol. The van der Waals surface area contributed by atoms with Crippen LogP contribution < -0.4 is 10.6 Å². The minimum atomic E-state index is -4.53. The topological polar surface area (TPSA) is 71.1 Å². The molecule has 1 heterocycles. The molecule has 2 amide bonds. The molecule has 0 aliphatic heterocycles. The van der Waals surface area contributed by atoms with Gasteiger partial charge in [-0.3, -0.25) is 14.6 Å². The molecule has 4 rings (SSSR count). The Balaban J connectivity index is 1.50. The first kappa shape index (κ1) is 23.4. The van der Waals surface area contributed by atoms with Gasteiger partial charge in [-0.25, -0.2) is 4.39 Å². The second-order valence-electron chi connectivity index (χ2n) is 8.15. The van der Waals surface area contributed by atoms with E-state index in [4.69, 9.17) is 0 Å². The molecule has 34 heavy (non-hydrogen) atoms. The fourth-order valence-electron chi connectivity index (χ4n) is 3.49. The largest absolute Gasteiger partial charge is 0.416 e. The summed E-state index contributed by atoms with van der Waals surface area (Å²) < 4.78 is 53.9. The van der Waals surface area contributed by atoms with E-state index in [1.807, 2.05) is 0 Å². The van der Waals surface area contributed by atoms with Gasteiger partial charge in [0.2, 0.25) is 0 Å². The summed E-state index contributed by atoms with van der Waals surface area (Å²) in [6.45, 7) is 1.26. The Bertz CT molecular complexity index is 1240. The van der Waals surface area contributed by atoms with E-state index in [-0.39, 0.29) is 35.2 Å². The molecule has 0 spiro atoms. The maximum Gasteiger partial charge on any atom is 0.416 e. The van der Waals surface area contributed by atoms with E-state index in [9.17, 15) is 27.2 Å². The van der Waals surface area contributed by atoms with Crippen LogP contribution in [0.4, 0.5) is 17.6 Å². The first-order valence-corrected chi connectivity index (χ1v) is 10.6. The van der Waals surface area contributed by atoms with Crippen LogP contribution in [0.25, 0.3) is 11.3 Å². The third-order valence-corrected chi connectivity index (χ3v) is 5.58. The summed E-state index contributed by atoms with van der Waals surface area (Å²) in [7, 11) is 0. The van der Waals surface area contributed by atoms with Crippen LogP contribution in [0.5, 0.6) is 0 Å². The summed E-state index contributed by atoms with van der Waals surface area (Å²) in [5, 5.41) is 5.27. The Morgan fingerprint density at radius 1 is 1.03 bits per heavy atom. The zero-order valence-electron chi connectivity index (χ0n) is 18.2. The van der Waals surface area contributed by atoms with Gasteiger partial charge >= 0.3 is 6.18 Å². The first-order chi connectivity index (χ1) is 16.1. The van der Waals surface area contributed by atoms with Crippen molar-refractivity contribution in [3.63, 3.8) is 0 Å². The number of hydrogen-bond acceptors (Lipinski definition) is 3. The predicted molar refractivity (Wildman–Crippen MR) is 117 cm³/mol. The zero-order valence-corrected chi connectivity index (χ0v) is 18.2. The van der Waals surface area contributed by atoms with E-state index >= 15 is 0 Å². The minimum absolute atomic E-state index is 0.0553. The molecule has 1 saturated carbocycles. The van der Waals surface area contributed by atoms with Crippen molar-refractivity contribution in [3.05, 3.63) is 88.4 Å². The first-order valence-electron chi connectivity index (χ1n) is 10.6. The fourth-order valence-corrected chi connectivity index (χ4v) is 3.49. The van der Waals surface area contributed by atoms with Gasteiger partial charge in [0.1, 0.15) is 5.82 Å². The SMILES string of the molecule is Cc1c(F)cc(C(=O)NC2CC2)cc1-c1ccc(C(=O)NCc2ccccc2C(F)(F)F)cn1. The lowest BCUT2D eigenvalue weighted by molar-refractivity contribution is -0.138. The van der Waals surface area contributed by atoms with E-state index in [0.29, 0.717) is 16.8 Å². The van der Waals surface area contributed by atoms with Crippen molar-refractivity contribution in [1.29, 1.82) is 0 Å². The molecule has 0 radical (unpaired) electrons. The van der Waals surface area contributed by atoms with Crippen molar-refractivity contribution in [2.45, 2.75) is 38.5 Å². The highest BCUT2D eigenvalue weighted by Gasteiger charge is 2.32. The summed E-state index contributed by atoms with van der Waals surface area (Å²) in [5.41, 5.74) is 0.512. The number of hydrogen-bond donors (Lipinski definition) is 2. The second-order valence-corrected chi connectivity index (χ2v) is 8.15. The van der Waals surface area contributed by atoms with Crippen LogP contribution in [0.2, 0.25) is 0 Å². The Hall–Kier alpha value is -3.75. The molecule has 1 aromatic heterocycles. The van der Waals surface area contributed by atoms with Crippen LogP contribution in [0.1, 0.15) is 50.2 Å². The molecule has 9 heteroatoms. The molecule has 0 bridgehead atoms. The molecular formula is C25H21F4N3O2. The minimum Gasteiger partial charge on any atom is -0.349 e. The summed E-state index contributed by atoms with van der Waals surface area (Å²) in [6, 6.07) is 10.8. The Labute approximate surface area is 193 Å². The number of aromatic nitrogens is 1. The highest BCUT2D eigenvalue weighted by Crippen LogP contribution is 2.32. The third-order valence-electron chi connectivity index (χ3n) is 5.58. The molecule has 1 aliphatic rings. The highest BCUT2D eigenvalue weighted by atomic mass is 19.4. The van der Waals surface area contributed by atoms with Crippen LogP contribution in [-0.2, 0) is 12.7 Å². The van der Waals surface area contributed by atoms with Crippen molar-refractivity contribution in [3.8, 4) is 11.3 Å². The number of nitrogens with zero attached hydrogens (tertiary/aromatic N) is 1. The third kappa shape index (κ3) is 5.24. The van der Waals surface area contributed by atoms with Crippen molar-refractivity contribution in [2.75, 3.05) is 0 Å². The van der Waals surface area contributed by atoms with Gasteiger partial charge in [-0.15, -0.1) is 0 Å². The van der Waals surface area contributed by atoms with E-state index < -0.39 is 23.5 Å². The lowest BCUT2D eigenvalue weighted by Gasteiger charge is -2.13. The molecule has 5 nitrogen and oxygen atoms in total. The molecule has 0 unspecified atom stereocenters. The summed E-state index contributed by atoms with van der Waals surface area (Å²) >= 11 is 0. The van der Waals surface area contributed by atoms with Crippen LogP contribution in [0.15, 0.2) is 54.7 Å². The Morgan fingerprint density at radius 3 is 2.41 bits per heavy atom. The van der Waals surface area contributed by atoms with E-state index in [0.717, 1.165) is 18.9 Å². The number of halogens is 4. The Kier molecular flexibility index (Phi) is 6.37. The number of pyridine rings is 1. The van der Waals surface area contributed by atoms with Crippen LogP contribution in [0, 0.1) is 12.7 Å². The van der Waals surface area contributed by atoms with E-state index in [2.05, 4.69) is 15.6 Å². The van der Waals surface area contributed by atoms with Gasteiger partial charge in [0.15, 0.2) is 0 Å². The number of amides is 2. The van der Waals surface area contributed by atoms with Gasteiger partial charge in [0.25, 0.3) is 11.8 Å². The standard InChI is InChI=1S/C25H21F4N3O2/c1-14-19(10-17(11-21(14)26)24(34)32-18-7-8-18)22-9-6-16(13-30-22)23(33)31-12-15-4-2-3-5-20(15)25(27,28)29/h2-6,9-11,13,18H,7-8,12H2,1H3,(H,31,33)(H,32,34). The van der Waals surface area contributed by atoms with E-state index in [1.165, 1.54) is 42.6 Å². The summed E-state index contributed by atoms with van der Waals surface area (Å²) in [5.74, 6) is -1.51. The lowest BCUT2D eigenvalue weighted by Crippen LogP contribution is -2.25. The van der Waals surface area contributed by atoms with Crippen LogP contribution >= 0.6 is 0 Å². The molecule has 176 valence electrons. The zero-order chi connectivity index (χ0) is 24.5. The fraction of sp³-hybridized carbons (Fsp3) is 0.240.